The molecule has 0 saturated heterocycles. The summed E-state index contributed by atoms with van der Waals surface area (Å²) in [6.07, 6.45) is 3.76. The van der Waals surface area contributed by atoms with Crippen LogP contribution in [-0.2, 0) is 30.9 Å². The van der Waals surface area contributed by atoms with Gasteiger partial charge in [0, 0.05) is 55.2 Å². The minimum absolute atomic E-state index is 0. The molecule has 73 heavy (non-hydrogen) atoms. The van der Waals surface area contributed by atoms with Crippen molar-refractivity contribution in [2.75, 3.05) is 0 Å². The average Bonchev–Trinajstić information content (AvgIpc) is 3.97. The molecule has 7 aromatic carbocycles. The van der Waals surface area contributed by atoms with Gasteiger partial charge in [-0.05, 0) is 115 Å². The monoisotopic (exact) mass is 1130 g/mol. The summed E-state index contributed by atoms with van der Waals surface area (Å²) in [4.78, 5) is 14.7. The molecule has 11 rings (SSSR count). The van der Waals surface area contributed by atoms with Gasteiger partial charge < -0.3 is 14.0 Å². The number of rotatable bonds is 8. The van der Waals surface area contributed by atoms with Crippen LogP contribution in [0.4, 0.5) is 0 Å². The number of benzene rings is 7. The molecule has 0 aliphatic carbocycles. The van der Waals surface area contributed by atoms with Gasteiger partial charge >= 0.3 is 0 Å². The number of pyridine rings is 2. The van der Waals surface area contributed by atoms with E-state index in [0.717, 1.165) is 66.9 Å². The van der Waals surface area contributed by atoms with E-state index in [9.17, 15) is 0 Å². The Balaban J connectivity index is 0.000000441. The van der Waals surface area contributed by atoms with Crippen LogP contribution in [0.2, 0.25) is 0 Å². The van der Waals surface area contributed by atoms with Crippen LogP contribution in [0.3, 0.4) is 0 Å². The second-order valence-electron chi connectivity index (χ2n) is 21.6. The van der Waals surface area contributed by atoms with E-state index in [1.807, 2.05) is 54.7 Å². The Morgan fingerprint density at radius 3 is 1.75 bits per heavy atom. The average molecular weight is 1130 g/mol. The third kappa shape index (κ3) is 10.4. The van der Waals surface area contributed by atoms with Crippen molar-refractivity contribution < 1.29 is 24.5 Å². The van der Waals surface area contributed by atoms with Crippen LogP contribution in [0.15, 0.2) is 187 Å². The first-order valence-corrected chi connectivity index (χ1v) is 25.2. The Morgan fingerprint density at radius 2 is 1.14 bits per heavy atom. The number of fused-ring (bicyclic) bond motifs is 4. The zero-order valence-electron chi connectivity index (χ0n) is 43.5. The molecule has 0 aliphatic heterocycles. The molecule has 11 aromatic rings. The van der Waals surface area contributed by atoms with Crippen LogP contribution < -0.4 is 0 Å². The molecule has 0 aliphatic rings. The van der Waals surface area contributed by atoms with E-state index < -0.39 is 0 Å². The molecular weight excluding hydrogens is 1070 g/mol. The zero-order chi connectivity index (χ0) is 50.3. The summed E-state index contributed by atoms with van der Waals surface area (Å²) >= 11 is 0. The van der Waals surface area contributed by atoms with E-state index in [-0.39, 0.29) is 42.8 Å². The molecule has 1 radical (unpaired) electrons. The Hall–Kier alpha value is -7.24. The van der Waals surface area contributed by atoms with Gasteiger partial charge in [-0.1, -0.05) is 165 Å². The van der Waals surface area contributed by atoms with Gasteiger partial charge in [0.15, 0.2) is 0 Å². The van der Waals surface area contributed by atoms with Gasteiger partial charge in [-0.25, -0.2) is 0 Å². The molecule has 0 spiro atoms. The number of imidazole rings is 1. The van der Waals surface area contributed by atoms with Gasteiger partial charge in [0.25, 0.3) is 0 Å². The molecule has 367 valence electrons. The Morgan fingerprint density at radius 1 is 0.521 bits per heavy atom. The molecule has 0 unspecified atom stereocenters. The molecule has 0 amide bonds. The smallest absolute Gasteiger partial charge is 0.124 e. The molecule has 0 bridgehead atoms. The van der Waals surface area contributed by atoms with Crippen LogP contribution in [0.1, 0.15) is 103 Å². The minimum atomic E-state index is -0.00496. The Labute approximate surface area is 444 Å². The normalized spacial score (nSPS) is 11.8. The van der Waals surface area contributed by atoms with E-state index in [0.29, 0.717) is 0 Å². The van der Waals surface area contributed by atoms with Crippen molar-refractivity contribution in [2.45, 2.75) is 91.9 Å². The molecule has 4 aromatic heterocycles. The van der Waals surface area contributed by atoms with E-state index in [2.05, 4.69) is 212 Å². The SMILES string of the molecule is CC(C)c1cc(-c2ccc(-c3ccccc3)cc2)cc(C(C)C)c1-n1c(-c2[c-]ccc3c2oc2cc(-c4cc(C(C)(C)C)cc(C(C)(C)C)c4)ncc23)nc2ccccc21.[Ir].[c-]1ccccc1-c1ccccn1. The summed E-state index contributed by atoms with van der Waals surface area (Å²) in [5.41, 5.74) is 19.5. The van der Waals surface area contributed by atoms with E-state index >= 15 is 0 Å². The van der Waals surface area contributed by atoms with Gasteiger partial charge in [0.05, 0.1) is 28.1 Å². The van der Waals surface area contributed by atoms with Crippen molar-refractivity contribution in [2.24, 2.45) is 0 Å². The van der Waals surface area contributed by atoms with Gasteiger partial charge in [-0.2, -0.15) is 0 Å². The molecular formula is C67H62IrN4O-2. The van der Waals surface area contributed by atoms with Gasteiger partial charge in [0.1, 0.15) is 5.58 Å². The first-order valence-electron chi connectivity index (χ1n) is 25.2. The molecule has 0 N–H and O–H groups in total. The summed E-state index contributed by atoms with van der Waals surface area (Å²) in [5, 5.41) is 1.97. The van der Waals surface area contributed by atoms with Crippen LogP contribution in [0.5, 0.6) is 0 Å². The fourth-order valence-corrected chi connectivity index (χ4v) is 9.57. The van der Waals surface area contributed by atoms with Crippen molar-refractivity contribution >= 4 is 33.0 Å². The number of aromatic nitrogens is 4. The standard InChI is InChI=1S/C56H54N3O.C11H8N.Ir/c1-34(2)45-29-39(38-25-23-37(24-26-38)36-17-12-11-13-18-36)30-46(35(3)4)52(45)59-50-22-15-14-21-48(50)58-54(59)44-20-16-19-43-47-33-57-49(32-51(47)60-53(43)44)40-27-41(55(5,6)7)31-42(28-40)56(8,9)10;1-2-6-10(7-3-1)11-8-4-5-9-12-11;/h11-19,21-35H,1-10H3;1-6,8-9H;/q2*-1;. The van der Waals surface area contributed by atoms with E-state index in [1.165, 1.54) is 50.2 Å². The third-order valence-electron chi connectivity index (χ3n) is 13.7. The predicted octanol–water partition coefficient (Wildman–Crippen LogP) is 18.2. The van der Waals surface area contributed by atoms with Crippen molar-refractivity contribution in [3.63, 3.8) is 0 Å². The minimum Gasteiger partial charge on any atom is -0.500 e. The summed E-state index contributed by atoms with van der Waals surface area (Å²) in [6.45, 7) is 22.8. The van der Waals surface area contributed by atoms with Crippen molar-refractivity contribution in [1.29, 1.82) is 0 Å². The molecule has 0 fully saturated rings. The van der Waals surface area contributed by atoms with Crippen molar-refractivity contribution in [3.8, 4) is 61.8 Å². The molecule has 4 heterocycles. The largest absolute Gasteiger partial charge is 0.500 e. The summed E-state index contributed by atoms with van der Waals surface area (Å²) in [7, 11) is 0. The first-order chi connectivity index (χ1) is 34.6. The van der Waals surface area contributed by atoms with Crippen LogP contribution in [0.25, 0.3) is 94.8 Å². The summed E-state index contributed by atoms with van der Waals surface area (Å²) < 4.78 is 9.30. The number of hydrogen-bond donors (Lipinski definition) is 0. The second-order valence-corrected chi connectivity index (χ2v) is 21.6. The Bertz CT molecular complexity index is 3590. The fourth-order valence-electron chi connectivity index (χ4n) is 9.57. The summed E-state index contributed by atoms with van der Waals surface area (Å²) in [6, 6.07) is 66.4. The number of para-hydroxylation sites is 2. The van der Waals surface area contributed by atoms with Gasteiger partial charge in [-0.15, -0.1) is 54.1 Å². The van der Waals surface area contributed by atoms with E-state index in [1.54, 1.807) is 6.20 Å². The molecule has 5 nitrogen and oxygen atoms in total. The maximum atomic E-state index is 6.93. The topological polar surface area (TPSA) is 56.7 Å². The van der Waals surface area contributed by atoms with Crippen LogP contribution in [-0.4, -0.2) is 19.5 Å². The first kappa shape index (κ1) is 50.7. The van der Waals surface area contributed by atoms with Crippen molar-refractivity contribution in [3.05, 3.63) is 217 Å². The number of furan rings is 1. The quantitative estimate of drug-likeness (QED) is 0.142. The van der Waals surface area contributed by atoms with Gasteiger partial charge in [0.2, 0.25) is 0 Å². The molecule has 0 atom stereocenters. The molecule has 0 saturated carbocycles. The predicted molar refractivity (Wildman–Crippen MR) is 301 cm³/mol. The zero-order valence-corrected chi connectivity index (χ0v) is 45.9. The number of nitrogens with zero attached hydrogens (tertiary/aromatic N) is 4. The van der Waals surface area contributed by atoms with Crippen LogP contribution in [0, 0.1) is 12.1 Å². The van der Waals surface area contributed by atoms with E-state index in [4.69, 9.17) is 14.4 Å². The maximum Gasteiger partial charge on any atom is 0.124 e. The summed E-state index contributed by atoms with van der Waals surface area (Å²) in [5.74, 6) is 1.28. The fraction of sp³-hybridized carbons (Fsp3) is 0.209. The number of hydrogen-bond acceptors (Lipinski definition) is 4. The maximum absolute atomic E-state index is 6.93. The van der Waals surface area contributed by atoms with Crippen LogP contribution >= 0.6 is 0 Å². The van der Waals surface area contributed by atoms with Gasteiger partial charge in [-0.3, -0.25) is 9.97 Å². The molecule has 6 heteroatoms. The third-order valence-corrected chi connectivity index (χ3v) is 13.7. The second kappa shape index (κ2) is 20.7. The Kier molecular flexibility index (Phi) is 14.4. The van der Waals surface area contributed by atoms with Crippen molar-refractivity contribution in [1.82, 2.24) is 19.5 Å².